The van der Waals surface area contributed by atoms with Gasteiger partial charge in [-0.1, -0.05) is 11.6 Å². The minimum Gasteiger partial charge on any atom is -0.365 e. The maximum absolute atomic E-state index is 13.1. The minimum atomic E-state index is -4.86. The average molecular weight is 514 g/mol. The van der Waals surface area contributed by atoms with Gasteiger partial charge in [0.15, 0.2) is 5.69 Å². The van der Waals surface area contributed by atoms with Crippen molar-refractivity contribution in [2.45, 2.75) is 39.2 Å². The average Bonchev–Trinajstić information content (AvgIpc) is 3.19. The molecule has 15 heteroatoms. The smallest absolute Gasteiger partial charge is 0.365 e. The third-order valence-corrected chi connectivity index (χ3v) is 6.26. The first kappa shape index (κ1) is 24.8. The molecule has 0 aliphatic rings. The lowest BCUT2D eigenvalue weighted by atomic mass is 10.1. The van der Waals surface area contributed by atoms with E-state index in [0.717, 1.165) is 10.7 Å². The number of aryl methyl sites for hydroxylation is 1. The summed E-state index contributed by atoms with van der Waals surface area (Å²) in [7, 11) is 0. The van der Waals surface area contributed by atoms with Gasteiger partial charge in [0.05, 0.1) is 16.4 Å². The second-order valence-electron chi connectivity index (χ2n) is 7.03. The third kappa shape index (κ3) is 4.49. The van der Waals surface area contributed by atoms with Crippen molar-refractivity contribution >= 4 is 50.7 Å². The molecule has 0 aliphatic heterocycles. The largest absolute Gasteiger partial charge is 0.436 e. The quantitative estimate of drug-likeness (QED) is 0.474. The first-order valence-electron chi connectivity index (χ1n) is 8.97. The van der Waals surface area contributed by atoms with Crippen molar-refractivity contribution < 1.29 is 35.9 Å². The van der Waals surface area contributed by atoms with E-state index in [0.29, 0.717) is 11.3 Å². The Morgan fingerprint density at radius 1 is 1.18 bits per heavy atom. The highest BCUT2D eigenvalue weighted by Crippen LogP contribution is 2.40. The fraction of sp³-hybridized carbons (Fsp3) is 0.333. The third-order valence-electron chi connectivity index (χ3n) is 4.71. The second-order valence-corrected chi connectivity index (χ2v) is 8.41. The van der Waals surface area contributed by atoms with Gasteiger partial charge in [-0.3, -0.25) is 14.3 Å². The van der Waals surface area contributed by atoms with E-state index in [-0.39, 0.29) is 32.0 Å². The number of hydrogen-bond acceptors (Lipinski definition) is 5. The zero-order chi connectivity index (χ0) is 25.0. The number of aromatic nitrogens is 3. The maximum Gasteiger partial charge on any atom is 0.436 e. The summed E-state index contributed by atoms with van der Waals surface area (Å²) in [5.74, 6) is -1.95. The number of nitrogens with one attached hydrogen (secondary N) is 1. The van der Waals surface area contributed by atoms with Crippen LogP contribution >= 0.6 is 22.9 Å². The normalized spacial score (nSPS) is 13.4. The van der Waals surface area contributed by atoms with E-state index in [9.17, 15) is 35.9 Å². The summed E-state index contributed by atoms with van der Waals surface area (Å²) in [6.07, 6.45) is -9.61. The number of thiophene rings is 1. The summed E-state index contributed by atoms with van der Waals surface area (Å²) in [6, 6.07) is -0.594. The van der Waals surface area contributed by atoms with Crippen LogP contribution in [-0.4, -0.2) is 26.6 Å². The molecule has 1 unspecified atom stereocenters. The number of carbonyl (C=O) groups excluding carboxylic acids is 2. The molecule has 0 aliphatic carbocycles. The zero-order valence-electron chi connectivity index (χ0n) is 16.9. The van der Waals surface area contributed by atoms with E-state index in [2.05, 4.69) is 15.4 Å². The Morgan fingerprint density at radius 2 is 1.79 bits per heavy atom. The number of rotatable bonds is 4. The predicted octanol–water partition coefficient (Wildman–Crippen LogP) is 5.10. The van der Waals surface area contributed by atoms with E-state index in [1.54, 1.807) is 0 Å². The Morgan fingerprint density at radius 3 is 2.27 bits per heavy atom. The molecule has 3 N–H and O–H groups in total. The van der Waals surface area contributed by atoms with Gasteiger partial charge in [0, 0.05) is 5.39 Å². The molecule has 3 aromatic heterocycles. The number of amides is 2. The molecule has 0 aromatic carbocycles. The Hall–Kier alpha value is -2.87. The molecule has 3 rings (SSSR count). The molecule has 3 aromatic rings. The molecule has 178 valence electrons. The number of halogens is 7. The van der Waals surface area contributed by atoms with Gasteiger partial charge in [0.1, 0.15) is 21.4 Å². The molecule has 0 fully saturated rings. The summed E-state index contributed by atoms with van der Waals surface area (Å²) in [4.78, 5) is 27.8. The first-order chi connectivity index (χ1) is 15.0. The number of fused-ring (bicyclic) bond motifs is 1. The number of nitrogens with two attached hydrogens (primary N) is 1. The molecule has 1 atom stereocenters. The highest BCUT2D eigenvalue weighted by molar-refractivity contribution is 7.21. The summed E-state index contributed by atoms with van der Waals surface area (Å²) in [5.41, 5.74) is 2.48. The van der Waals surface area contributed by atoms with Gasteiger partial charge in [-0.25, -0.2) is 4.98 Å². The van der Waals surface area contributed by atoms with Crippen molar-refractivity contribution in [1.29, 1.82) is 0 Å². The molecule has 0 radical (unpaired) electrons. The van der Waals surface area contributed by atoms with E-state index in [1.165, 1.54) is 20.8 Å². The number of anilines is 1. The van der Waals surface area contributed by atoms with Crippen LogP contribution in [0.1, 0.15) is 45.3 Å². The monoisotopic (exact) mass is 513 g/mol. The van der Waals surface area contributed by atoms with Crippen molar-refractivity contribution in [3.63, 3.8) is 0 Å². The molecular weight excluding hydrogens is 500 g/mol. The van der Waals surface area contributed by atoms with Gasteiger partial charge in [0.25, 0.3) is 5.91 Å². The van der Waals surface area contributed by atoms with Crippen molar-refractivity contribution in [1.82, 2.24) is 14.8 Å². The molecule has 7 nitrogen and oxygen atoms in total. The summed E-state index contributed by atoms with van der Waals surface area (Å²) in [6.45, 7) is 3.79. The van der Waals surface area contributed by atoms with Crippen LogP contribution in [0.5, 0.6) is 0 Å². The van der Waals surface area contributed by atoms with Crippen molar-refractivity contribution in [2.24, 2.45) is 5.73 Å². The Balaban J connectivity index is 2.07. The number of alkyl halides is 6. The number of primary amides is 1. The highest BCUT2D eigenvalue weighted by Gasteiger charge is 2.39. The van der Waals surface area contributed by atoms with Crippen molar-refractivity contribution in [2.75, 3.05) is 5.32 Å². The first-order valence-corrected chi connectivity index (χ1v) is 10.2. The van der Waals surface area contributed by atoms with Crippen LogP contribution in [0, 0.1) is 13.8 Å². The summed E-state index contributed by atoms with van der Waals surface area (Å²) in [5, 5.41) is 5.12. The molecule has 0 saturated heterocycles. The SMILES string of the molecule is Cc1cc(C(F)(F)F)nc2sc(C(N)=O)c(NC(=O)C(C)n3nc(C(F)(F)F)c(Cl)c3C)c12. The van der Waals surface area contributed by atoms with Gasteiger partial charge in [-0.05, 0) is 32.4 Å². The van der Waals surface area contributed by atoms with Crippen molar-refractivity contribution in [3.05, 3.63) is 38.6 Å². The second kappa shape index (κ2) is 8.17. The molecule has 3 heterocycles. The lowest BCUT2D eigenvalue weighted by molar-refractivity contribution is -0.142. The number of pyridine rings is 1. The Labute approximate surface area is 190 Å². The van der Waals surface area contributed by atoms with Gasteiger partial charge in [-0.15, -0.1) is 11.3 Å². The van der Waals surface area contributed by atoms with Crippen LogP contribution in [0.2, 0.25) is 5.02 Å². The van der Waals surface area contributed by atoms with E-state index in [4.69, 9.17) is 17.3 Å². The van der Waals surface area contributed by atoms with Crippen LogP contribution in [0.3, 0.4) is 0 Å². The minimum absolute atomic E-state index is 0.0496. The molecule has 2 amide bonds. The van der Waals surface area contributed by atoms with Gasteiger partial charge >= 0.3 is 12.4 Å². The zero-order valence-corrected chi connectivity index (χ0v) is 18.5. The molecule has 33 heavy (non-hydrogen) atoms. The predicted molar refractivity (Wildman–Crippen MR) is 108 cm³/mol. The van der Waals surface area contributed by atoms with Crippen LogP contribution in [0.4, 0.5) is 32.0 Å². The fourth-order valence-corrected chi connectivity index (χ4v) is 4.41. The standard InChI is InChI=1S/C18H14ClF6N5O2S/c1-5-4-8(17(20,21)22)27-16-9(5)11(12(33-16)14(26)31)28-15(32)7(3)30-6(2)10(19)13(29-30)18(23,24)25/h4,7H,1-3H3,(H2,26,31)(H,28,32). The molecule has 0 saturated carbocycles. The van der Waals surface area contributed by atoms with Gasteiger partial charge < -0.3 is 11.1 Å². The number of hydrogen-bond donors (Lipinski definition) is 2. The van der Waals surface area contributed by atoms with E-state index in [1.807, 2.05) is 0 Å². The molecule has 0 bridgehead atoms. The van der Waals surface area contributed by atoms with Crippen molar-refractivity contribution in [3.8, 4) is 0 Å². The van der Waals surface area contributed by atoms with Crippen LogP contribution in [0.25, 0.3) is 10.2 Å². The number of carbonyl (C=O) groups is 2. The molecule has 0 spiro atoms. The lowest BCUT2D eigenvalue weighted by Crippen LogP contribution is -2.26. The van der Waals surface area contributed by atoms with Crippen LogP contribution < -0.4 is 11.1 Å². The highest BCUT2D eigenvalue weighted by atomic mass is 35.5. The van der Waals surface area contributed by atoms with Crippen LogP contribution in [0.15, 0.2) is 6.07 Å². The van der Waals surface area contributed by atoms with Crippen LogP contribution in [-0.2, 0) is 17.1 Å². The maximum atomic E-state index is 13.1. The van der Waals surface area contributed by atoms with Gasteiger partial charge in [0.2, 0.25) is 5.91 Å². The van der Waals surface area contributed by atoms with E-state index < -0.39 is 46.6 Å². The topological polar surface area (TPSA) is 103 Å². The van der Waals surface area contributed by atoms with E-state index >= 15 is 0 Å². The Kier molecular flexibility index (Phi) is 6.13. The summed E-state index contributed by atoms with van der Waals surface area (Å²) < 4.78 is 79.3. The number of nitrogens with zero attached hydrogens (tertiary/aromatic N) is 3. The molecular formula is C18H14ClF6N5O2S. The summed E-state index contributed by atoms with van der Waals surface area (Å²) >= 11 is 6.26. The Bertz CT molecular complexity index is 1280. The van der Waals surface area contributed by atoms with Gasteiger partial charge in [-0.2, -0.15) is 31.4 Å². The lowest BCUT2D eigenvalue weighted by Gasteiger charge is -2.15. The fourth-order valence-electron chi connectivity index (χ4n) is 3.12.